The van der Waals surface area contributed by atoms with Crippen molar-refractivity contribution in [2.24, 2.45) is 0 Å². The zero-order chi connectivity index (χ0) is 14.0. The van der Waals surface area contributed by atoms with Crippen molar-refractivity contribution in [2.75, 3.05) is 0 Å². The third kappa shape index (κ3) is 3.90. The number of carbonyl (C=O) groups is 1. The highest BCUT2D eigenvalue weighted by Crippen LogP contribution is 2.32. The summed E-state index contributed by atoms with van der Waals surface area (Å²) in [5.74, 6) is -0.0631. The van der Waals surface area contributed by atoms with Gasteiger partial charge in [0.1, 0.15) is 0 Å². The van der Waals surface area contributed by atoms with Gasteiger partial charge in [-0.2, -0.15) is 0 Å². The number of thiophene rings is 1. The van der Waals surface area contributed by atoms with Crippen LogP contribution in [0.2, 0.25) is 0 Å². The number of benzene rings is 1. The van der Waals surface area contributed by atoms with E-state index in [-0.39, 0.29) is 11.9 Å². The molecule has 2 aromatic rings. The smallest absolute Gasteiger partial charge is 0.261 e. The molecule has 0 saturated carbocycles. The lowest BCUT2D eigenvalue weighted by atomic mass is 10.1. The van der Waals surface area contributed by atoms with E-state index < -0.39 is 0 Å². The van der Waals surface area contributed by atoms with Gasteiger partial charge in [0.2, 0.25) is 0 Å². The van der Waals surface area contributed by atoms with E-state index >= 15 is 0 Å². The zero-order valence-corrected chi connectivity index (χ0v) is 15.5. The quantitative estimate of drug-likeness (QED) is 0.632. The Morgan fingerprint density at radius 1 is 1.21 bits per heavy atom. The second-order valence-corrected chi connectivity index (χ2v) is 8.12. The summed E-state index contributed by atoms with van der Waals surface area (Å²) in [4.78, 5) is 12.8. The lowest BCUT2D eigenvalue weighted by molar-refractivity contribution is 0.0944. The Labute approximate surface area is 141 Å². The van der Waals surface area contributed by atoms with Gasteiger partial charge in [0.15, 0.2) is 0 Å². The molecule has 1 heterocycles. The molecule has 0 radical (unpaired) electrons. The maximum atomic E-state index is 12.1. The number of carbonyl (C=O) groups excluding carboxylic acids is 1. The van der Waals surface area contributed by atoms with Crippen molar-refractivity contribution in [1.29, 1.82) is 0 Å². The summed E-state index contributed by atoms with van der Waals surface area (Å²) in [5, 5.41) is 2.99. The SMILES string of the molecule is C[C@H](NC(=O)c1cc(Br)c(Br)s1)c1ccc(Br)cc1. The molecule has 0 aliphatic rings. The van der Waals surface area contributed by atoms with Crippen molar-refractivity contribution in [3.8, 4) is 0 Å². The summed E-state index contributed by atoms with van der Waals surface area (Å²) >= 11 is 11.6. The second-order valence-electron chi connectivity index (χ2n) is 3.98. The van der Waals surface area contributed by atoms with E-state index in [9.17, 15) is 4.79 Å². The first-order chi connectivity index (χ1) is 8.97. The molecular weight excluding hydrogens is 458 g/mol. The number of amides is 1. The van der Waals surface area contributed by atoms with E-state index in [1.54, 1.807) is 0 Å². The van der Waals surface area contributed by atoms with Crippen molar-refractivity contribution in [1.82, 2.24) is 5.32 Å². The van der Waals surface area contributed by atoms with Gasteiger partial charge < -0.3 is 5.32 Å². The third-order valence-corrected chi connectivity index (χ3v) is 6.37. The monoisotopic (exact) mass is 465 g/mol. The van der Waals surface area contributed by atoms with Gasteiger partial charge in [0, 0.05) is 8.95 Å². The van der Waals surface area contributed by atoms with Crippen molar-refractivity contribution in [3.05, 3.63) is 53.5 Å². The van der Waals surface area contributed by atoms with Crippen LogP contribution in [-0.2, 0) is 0 Å². The molecule has 100 valence electrons. The molecule has 2 rings (SSSR count). The number of nitrogens with one attached hydrogen (secondary N) is 1. The first kappa shape index (κ1) is 15.2. The summed E-state index contributed by atoms with van der Waals surface area (Å²) < 4.78 is 2.86. The summed E-state index contributed by atoms with van der Waals surface area (Å²) in [5.41, 5.74) is 1.08. The van der Waals surface area contributed by atoms with E-state index in [0.29, 0.717) is 4.88 Å². The molecule has 0 fully saturated rings. The molecule has 0 saturated heterocycles. The molecule has 1 aromatic carbocycles. The average Bonchev–Trinajstić information content (AvgIpc) is 2.70. The van der Waals surface area contributed by atoms with Gasteiger partial charge in [0.05, 0.1) is 14.7 Å². The highest BCUT2D eigenvalue weighted by molar-refractivity contribution is 9.13. The fraction of sp³-hybridized carbons (Fsp3) is 0.154. The molecule has 0 unspecified atom stereocenters. The van der Waals surface area contributed by atoms with Crippen molar-refractivity contribution in [3.63, 3.8) is 0 Å². The fourth-order valence-electron chi connectivity index (χ4n) is 1.56. The number of hydrogen-bond acceptors (Lipinski definition) is 2. The lowest BCUT2D eigenvalue weighted by Gasteiger charge is -2.13. The maximum absolute atomic E-state index is 12.1. The Hall–Kier alpha value is -0.170. The molecule has 1 atom stereocenters. The minimum atomic E-state index is -0.0631. The van der Waals surface area contributed by atoms with Gasteiger partial charge in [0.25, 0.3) is 5.91 Å². The van der Waals surface area contributed by atoms with Crippen LogP contribution in [-0.4, -0.2) is 5.91 Å². The molecular formula is C13H10Br3NOS. The third-order valence-electron chi connectivity index (χ3n) is 2.59. The van der Waals surface area contributed by atoms with E-state index in [2.05, 4.69) is 53.1 Å². The lowest BCUT2D eigenvalue weighted by Crippen LogP contribution is -2.25. The summed E-state index contributed by atoms with van der Waals surface area (Å²) in [6, 6.07) is 9.72. The van der Waals surface area contributed by atoms with Crippen LogP contribution < -0.4 is 5.32 Å². The molecule has 0 bridgehead atoms. The van der Waals surface area contributed by atoms with Crippen LogP contribution in [0.15, 0.2) is 43.1 Å². The van der Waals surface area contributed by atoms with E-state index in [0.717, 1.165) is 18.3 Å². The Morgan fingerprint density at radius 3 is 2.37 bits per heavy atom. The predicted molar refractivity (Wildman–Crippen MR) is 89.7 cm³/mol. The molecule has 0 aliphatic carbocycles. The van der Waals surface area contributed by atoms with Crippen LogP contribution >= 0.6 is 59.1 Å². The van der Waals surface area contributed by atoms with Gasteiger partial charge in [-0.3, -0.25) is 4.79 Å². The second kappa shape index (κ2) is 6.52. The minimum absolute atomic E-state index is 0.0275. The molecule has 1 amide bonds. The van der Waals surface area contributed by atoms with Crippen molar-refractivity contribution < 1.29 is 4.79 Å². The Kier molecular flexibility index (Phi) is 5.22. The molecule has 1 aromatic heterocycles. The first-order valence-corrected chi connectivity index (χ1v) is 8.68. The molecule has 6 heteroatoms. The highest BCUT2D eigenvalue weighted by Gasteiger charge is 2.15. The molecule has 2 nitrogen and oxygen atoms in total. The van der Waals surface area contributed by atoms with Gasteiger partial charge >= 0.3 is 0 Å². The molecule has 1 N–H and O–H groups in total. The van der Waals surface area contributed by atoms with Crippen molar-refractivity contribution in [2.45, 2.75) is 13.0 Å². The summed E-state index contributed by atoms with van der Waals surface area (Å²) in [6.45, 7) is 1.97. The minimum Gasteiger partial charge on any atom is -0.345 e. The van der Waals surface area contributed by atoms with E-state index in [1.807, 2.05) is 37.3 Å². The number of halogens is 3. The maximum Gasteiger partial charge on any atom is 0.261 e. The average molecular weight is 468 g/mol. The van der Waals surface area contributed by atoms with Gasteiger partial charge in [-0.1, -0.05) is 28.1 Å². The van der Waals surface area contributed by atoms with Crippen LogP contribution in [0.3, 0.4) is 0 Å². The van der Waals surface area contributed by atoms with Crippen molar-refractivity contribution >= 4 is 65.0 Å². The fourth-order valence-corrected chi connectivity index (χ4v) is 3.76. The largest absolute Gasteiger partial charge is 0.345 e. The topological polar surface area (TPSA) is 29.1 Å². The standard InChI is InChI=1S/C13H10Br3NOS/c1-7(8-2-4-9(14)5-3-8)17-13(18)11-6-10(15)12(16)19-11/h2-7H,1H3,(H,17,18)/t7-/m0/s1. The predicted octanol–water partition coefficient (Wildman–Crippen LogP) is 5.53. The van der Waals surface area contributed by atoms with Crippen LogP contribution in [0.25, 0.3) is 0 Å². The van der Waals surface area contributed by atoms with E-state index in [1.165, 1.54) is 11.3 Å². The number of rotatable bonds is 3. The van der Waals surface area contributed by atoms with Crippen LogP contribution in [0.1, 0.15) is 28.2 Å². The van der Waals surface area contributed by atoms with Gasteiger partial charge in [-0.25, -0.2) is 0 Å². The summed E-state index contributed by atoms with van der Waals surface area (Å²) in [7, 11) is 0. The highest BCUT2D eigenvalue weighted by atomic mass is 79.9. The number of hydrogen-bond donors (Lipinski definition) is 1. The Bertz CT molecular complexity index is 575. The Morgan fingerprint density at radius 2 is 1.84 bits per heavy atom. The normalized spacial score (nSPS) is 12.2. The van der Waals surface area contributed by atoms with Gasteiger partial charge in [-0.15, -0.1) is 11.3 Å². The van der Waals surface area contributed by atoms with E-state index in [4.69, 9.17) is 0 Å². The van der Waals surface area contributed by atoms with Gasteiger partial charge in [-0.05, 0) is 62.5 Å². The Balaban J connectivity index is 2.08. The molecule has 0 spiro atoms. The molecule has 0 aliphatic heterocycles. The van der Waals surface area contributed by atoms with Crippen LogP contribution in [0.4, 0.5) is 0 Å². The van der Waals surface area contributed by atoms with Crippen LogP contribution in [0.5, 0.6) is 0 Å². The summed E-state index contributed by atoms with van der Waals surface area (Å²) in [6.07, 6.45) is 0. The van der Waals surface area contributed by atoms with Crippen LogP contribution in [0, 0.1) is 0 Å². The zero-order valence-electron chi connectivity index (χ0n) is 9.91. The molecule has 19 heavy (non-hydrogen) atoms. The first-order valence-electron chi connectivity index (χ1n) is 5.48.